The van der Waals surface area contributed by atoms with Gasteiger partial charge >= 0.3 is 0 Å². The monoisotopic (exact) mass is 192 g/mol. The largest absolute Gasteiger partial charge is 0.251 e. The summed E-state index contributed by atoms with van der Waals surface area (Å²) < 4.78 is 2.96. The third-order valence-electron chi connectivity index (χ3n) is 1.70. The van der Waals surface area contributed by atoms with Gasteiger partial charge < -0.3 is 0 Å². The molecule has 1 aromatic carbocycles. The zero-order valence-electron chi connectivity index (χ0n) is 7.36. The predicted molar refractivity (Wildman–Crippen MR) is 56.0 cm³/mol. The molecule has 2 nitrogen and oxygen atoms in total. The molecule has 0 saturated carbocycles. The number of aryl methyl sites for hydroxylation is 1. The van der Waals surface area contributed by atoms with E-state index < -0.39 is 0 Å². The Labute approximate surface area is 83.1 Å². The molecule has 13 heavy (non-hydrogen) atoms. The molecule has 0 bridgehead atoms. The first-order valence-corrected chi connectivity index (χ1v) is 5.07. The molecule has 0 spiro atoms. The number of nitrogens with zero attached hydrogens (tertiary/aromatic N) is 1. The summed E-state index contributed by atoms with van der Waals surface area (Å²) in [5.74, 6) is 0. The van der Waals surface area contributed by atoms with E-state index in [0.29, 0.717) is 0 Å². The second-order valence-corrected chi connectivity index (χ2v) is 3.35. The molecule has 1 aromatic rings. The van der Waals surface area contributed by atoms with Crippen molar-refractivity contribution in [3.8, 4) is 5.40 Å². The van der Waals surface area contributed by atoms with Crippen molar-refractivity contribution in [1.29, 1.82) is 5.26 Å². The van der Waals surface area contributed by atoms with Gasteiger partial charge in [-0.2, -0.15) is 5.26 Å². The molecular formula is C10H12N2S. The molecule has 0 aliphatic carbocycles. The minimum absolute atomic E-state index is 0.882. The van der Waals surface area contributed by atoms with Crippen LogP contribution in [0.3, 0.4) is 0 Å². The van der Waals surface area contributed by atoms with Gasteiger partial charge in [0.25, 0.3) is 0 Å². The van der Waals surface area contributed by atoms with Gasteiger partial charge in [-0.15, -0.1) is 0 Å². The Kier molecular flexibility index (Phi) is 5.07. The molecule has 0 saturated heterocycles. The van der Waals surface area contributed by atoms with Crippen molar-refractivity contribution in [2.45, 2.75) is 12.8 Å². The van der Waals surface area contributed by atoms with Crippen LogP contribution in [0.5, 0.6) is 0 Å². The number of hydrogen-bond donors (Lipinski definition) is 1. The maximum absolute atomic E-state index is 8.23. The summed E-state index contributed by atoms with van der Waals surface area (Å²) in [7, 11) is 0. The Balaban J connectivity index is 2.11. The maximum atomic E-state index is 8.23. The highest BCUT2D eigenvalue weighted by Gasteiger charge is 1.91. The molecule has 1 N–H and O–H groups in total. The summed E-state index contributed by atoms with van der Waals surface area (Å²) in [5, 5.41) is 10.2. The molecule has 0 unspecified atom stereocenters. The molecule has 0 heterocycles. The Hall–Kier alpha value is -0.980. The second kappa shape index (κ2) is 6.53. The number of benzene rings is 1. The minimum Gasteiger partial charge on any atom is -0.251 e. The summed E-state index contributed by atoms with van der Waals surface area (Å²) in [5.41, 5.74) is 1.35. The van der Waals surface area contributed by atoms with Crippen LogP contribution < -0.4 is 4.72 Å². The highest BCUT2D eigenvalue weighted by molar-refractivity contribution is 8.01. The average molecular weight is 192 g/mol. The van der Waals surface area contributed by atoms with E-state index in [1.807, 2.05) is 23.6 Å². The predicted octanol–water partition coefficient (Wildman–Crippen LogP) is 2.34. The standard InChI is InChI=1S/C10H12N2S/c11-9-13-12-8-4-7-10-5-2-1-3-6-10/h1-3,5-6,12H,4,7-8H2. The van der Waals surface area contributed by atoms with Crippen molar-refractivity contribution in [2.75, 3.05) is 6.54 Å². The van der Waals surface area contributed by atoms with Crippen LogP contribution in [-0.4, -0.2) is 6.54 Å². The van der Waals surface area contributed by atoms with E-state index in [1.54, 1.807) is 0 Å². The van der Waals surface area contributed by atoms with Crippen LogP contribution in [-0.2, 0) is 6.42 Å². The Morgan fingerprint density at radius 2 is 2.08 bits per heavy atom. The molecule has 0 aliphatic rings. The summed E-state index contributed by atoms with van der Waals surface area (Å²) in [6, 6.07) is 10.4. The van der Waals surface area contributed by atoms with E-state index in [0.717, 1.165) is 31.3 Å². The zero-order chi connectivity index (χ0) is 9.36. The quantitative estimate of drug-likeness (QED) is 0.442. The zero-order valence-corrected chi connectivity index (χ0v) is 8.18. The Morgan fingerprint density at radius 1 is 1.31 bits per heavy atom. The lowest BCUT2D eigenvalue weighted by Crippen LogP contribution is -2.05. The molecular weight excluding hydrogens is 180 g/mol. The van der Waals surface area contributed by atoms with Crippen LogP contribution in [0.25, 0.3) is 0 Å². The Bertz CT molecular complexity index is 266. The van der Waals surface area contributed by atoms with Crippen molar-refractivity contribution in [2.24, 2.45) is 0 Å². The smallest absolute Gasteiger partial charge is 0.149 e. The topological polar surface area (TPSA) is 35.8 Å². The lowest BCUT2D eigenvalue weighted by molar-refractivity contribution is 0.799. The molecule has 3 heteroatoms. The third-order valence-corrected chi connectivity index (χ3v) is 2.14. The number of nitriles is 1. The molecule has 68 valence electrons. The highest BCUT2D eigenvalue weighted by atomic mass is 32.2. The fourth-order valence-corrected chi connectivity index (χ4v) is 1.40. The lowest BCUT2D eigenvalue weighted by Gasteiger charge is -1.99. The van der Waals surface area contributed by atoms with E-state index in [1.165, 1.54) is 5.56 Å². The number of hydrogen-bond acceptors (Lipinski definition) is 3. The van der Waals surface area contributed by atoms with Crippen molar-refractivity contribution in [1.82, 2.24) is 4.72 Å². The number of rotatable bonds is 5. The van der Waals surface area contributed by atoms with Gasteiger partial charge in [0.05, 0.1) is 0 Å². The van der Waals surface area contributed by atoms with Gasteiger partial charge in [0.2, 0.25) is 0 Å². The highest BCUT2D eigenvalue weighted by Crippen LogP contribution is 2.01. The molecule has 0 aliphatic heterocycles. The summed E-state index contributed by atoms with van der Waals surface area (Å²) in [6.07, 6.45) is 2.14. The van der Waals surface area contributed by atoms with Crippen LogP contribution in [0.4, 0.5) is 0 Å². The van der Waals surface area contributed by atoms with Gasteiger partial charge in [-0.25, -0.2) is 0 Å². The molecule has 0 radical (unpaired) electrons. The van der Waals surface area contributed by atoms with Gasteiger partial charge in [0.1, 0.15) is 5.40 Å². The van der Waals surface area contributed by atoms with E-state index in [2.05, 4.69) is 16.9 Å². The van der Waals surface area contributed by atoms with Crippen LogP contribution in [0, 0.1) is 10.7 Å². The van der Waals surface area contributed by atoms with E-state index in [-0.39, 0.29) is 0 Å². The van der Waals surface area contributed by atoms with Crippen LogP contribution in [0.15, 0.2) is 30.3 Å². The van der Waals surface area contributed by atoms with Gasteiger partial charge in [-0.05, 0) is 18.4 Å². The summed E-state index contributed by atoms with van der Waals surface area (Å²) >= 11 is 1.10. The van der Waals surface area contributed by atoms with Crippen molar-refractivity contribution < 1.29 is 0 Å². The van der Waals surface area contributed by atoms with E-state index >= 15 is 0 Å². The first-order valence-electron chi connectivity index (χ1n) is 4.25. The normalized spacial score (nSPS) is 9.46. The van der Waals surface area contributed by atoms with Crippen molar-refractivity contribution in [3.05, 3.63) is 35.9 Å². The molecule has 0 amide bonds. The fourth-order valence-electron chi connectivity index (χ4n) is 1.09. The molecule has 0 atom stereocenters. The first kappa shape index (κ1) is 10.1. The minimum atomic E-state index is 0.882. The van der Waals surface area contributed by atoms with Gasteiger partial charge in [-0.3, -0.25) is 4.72 Å². The Morgan fingerprint density at radius 3 is 2.77 bits per heavy atom. The molecule has 0 fully saturated rings. The van der Waals surface area contributed by atoms with Gasteiger partial charge in [0.15, 0.2) is 0 Å². The maximum Gasteiger partial charge on any atom is 0.149 e. The second-order valence-electron chi connectivity index (χ2n) is 2.68. The lowest BCUT2D eigenvalue weighted by atomic mass is 10.1. The number of nitrogens with one attached hydrogen (secondary N) is 1. The van der Waals surface area contributed by atoms with Crippen LogP contribution in [0.1, 0.15) is 12.0 Å². The molecule has 0 aromatic heterocycles. The van der Waals surface area contributed by atoms with E-state index in [4.69, 9.17) is 5.26 Å². The number of thiocyanates is 1. The third kappa shape index (κ3) is 4.56. The first-order chi connectivity index (χ1) is 6.43. The van der Waals surface area contributed by atoms with Crippen molar-refractivity contribution in [3.63, 3.8) is 0 Å². The fraction of sp³-hybridized carbons (Fsp3) is 0.300. The summed E-state index contributed by atoms with van der Waals surface area (Å²) in [6.45, 7) is 0.882. The summed E-state index contributed by atoms with van der Waals surface area (Å²) in [4.78, 5) is 0. The van der Waals surface area contributed by atoms with Crippen LogP contribution in [0.2, 0.25) is 0 Å². The van der Waals surface area contributed by atoms with E-state index in [9.17, 15) is 0 Å². The van der Waals surface area contributed by atoms with Gasteiger partial charge in [-0.1, -0.05) is 30.3 Å². The van der Waals surface area contributed by atoms with Crippen molar-refractivity contribution >= 4 is 11.9 Å². The average Bonchev–Trinajstić information content (AvgIpc) is 2.19. The molecule has 1 rings (SSSR count). The SMILES string of the molecule is N#CSNCCCc1ccccc1. The van der Waals surface area contributed by atoms with Crippen LogP contribution >= 0.6 is 11.9 Å². The van der Waals surface area contributed by atoms with Gasteiger partial charge in [0, 0.05) is 18.5 Å².